The molecule has 4 rings (SSSR count). The maximum absolute atomic E-state index is 13.0. The number of aromatic amines is 1. The van der Waals surface area contributed by atoms with Crippen molar-refractivity contribution in [3.05, 3.63) is 59.8 Å². The number of carboxylic acid groups (broad SMARTS) is 1. The Bertz CT molecular complexity index is 1200. The van der Waals surface area contributed by atoms with Crippen LogP contribution in [-0.2, 0) is 14.8 Å². The first-order valence-corrected chi connectivity index (χ1v) is 11.4. The van der Waals surface area contributed by atoms with Crippen LogP contribution in [-0.4, -0.2) is 67.0 Å². The second-order valence-electron chi connectivity index (χ2n) is 7.62. The molecule has 0 bridgehead atoms. The predicted octanol–water partition coefficient (Wildman–Crippen LogP) is 2.62. The lowest BCUT2D eigenvalue weighted by molar-refractivity contribution is -0.144. The van der Waals surface area contributed by atoms with Gasteiger partial charge in [0.1, 0.15) is 11.8 Å². The number of ether oxygens (including phenoxy) is 1. The summed E-state index contributed by atoms with van der Waals surface area (Å²) in [7, 11) is -2.04. The van der Waals surface area contributed by atoms with Gasteiger partial charge in [-0.1, -0.05) is 29.8 Å². The molecule has 164 valence electrons. The van der Waals surface area contributed by atoms with E-state index in [-0.39, 0.29) is 18.0 Å². The van der Waals surface area contributed by atoms with Crippen LogP contribution in [0.2, 0.25) is 0 Å². The summed E-state index contributed by atoms with van der Waals surface area (Å²) < 4.78 is 32.7. The summed E-state index contributed by atoms with van der Waals surface area (Å²) >= 11 is 0. The maximum atomic E-state index is 13.0. The van der Waals surface area contributed by atoms with Crippen LogP contribution in [0.5, 0.6) is 5.75 Å². The molecule has 1 aliphatic rings. The molecule has 2 aromatic carbocycles. The van der Waals surface area contributed by atoms with E-state index in [1.807, 2.05) is 30.0 Å². The number of aliphatic carboxylic acids is 1. The molecule has 9 heteroatoms. The monoisotopic (exact) mass is 443 g/mol. The van der Waals surface area contributed by atoms with E-state index in [0.717, 1.165) is 16.5 Å². The normalized spacial score (nSPS) is 17.0. The lowest BCUT2D eigenvalue weighted by Gasteiger charge is -2.37. The molecule has 3 aromatic rings. The highest BCUT2D eigenvalue weighted by molar-refractivity contribution is 7.89. The van der Waals surface area contributed by atoms with E-state index in [1.165, 1.54) is 4.31 Å². The number of carbonyl (C=O) groups is 1. The second-order valence-corrected chi connectivity index (χ2v) is 9.56. The zero-order chi connectivity index (χ0) is 22.2. The number of fused-ring (bicyclic) bond motifs is 1. The van der Waals surface area contributed by atoms with E-state index in [4.69, 9.17) is 4.74 Å². The number of carboxylic acids is 1. The van der Waals surface area contributed by atoms with Crippen molar-refractivity contribution in [2.45, 2.75) is 17.9 Å². The van der Waals surface area contributed by atoms with Gasteiger partial charge in [0.25, 0.3) is 0 Å². The first-order chi connectivity index (χ1) is 14.8. The SMILES string of the molecule is COc1cccc2c(C(C(=O)O)N3CCN(S(=O)(=O)c4ccc(C)cc4)CC3)c[nH]c12. The number of hydrogen-bond donors (Lipinski definition) is 2. The lowest BCUT2D eigenvalue weighted by Crippen LogP contribution is -2.50. The maximum Gasteiger partial charge on any atom is 0.325 e. The largest absolute Gasteiger partial charge is 0.495 e. The summed E-state index contributed by atoms with van der Waals surface area (Å²) in [4.78, 5) is 17.4. The number of H-pyrrole nitrogens is 1. The Morgan fingerprint density at radius 2 is 1.77 bits per heavy atom. The number of rotatable bonds is 6. The van der Waals surface area contributed by atoms with Crippen LogP contribution >= 0.6 is 0 Å². The van der Waals surface area contributed by atoms with Crippen molar-refractivity contribution in [3.63, 3.8) is 0 Å². The van der Waals surface area contributed by atoms with E-state index < -0.39 is 22.0 Å². The molecule has 31 heavy (non-hydrogen) atoms. The molecule has 1 unspecified atom stereocenters. The number of para-hydroxylation sites is 1. The highest BCUT2D eigenvalue weighted by Crippen LogP contribution is 2.34. The molecule has 1 fully saturated rings. The Labute approximate surface area is 181 Å². The average molecular weight is 444 g/mol. The summed E-state index contributed by atoms with van der Waals surface area (Å²) in [6.45, 7) is 3.00. The number of methoxy groups -OCH3 is 1. The standard InChI is InChI=1S/C22H25N3O5S/c1-15-6-8-16(9-7-15)31(28,29)25-12-10-24(11-13-25)21(22(26)27)18-14-23-20-17(18)4-3-5-19(20)30-2/h3-9,14,21,23H,10-13H2,1-2H3,(H,26,27). The highest BCUT2D eigenvalue weighted by Gasteiger charge is 2.35. The van der Waals surface area contributed by atoms with Gasteiger partial charge >= 0.3 is 5.97 Å². The summed E-state index contributed by atoms with van der Waals surface area (Å²) in [6.07, 6.45) is 1.70. The van der Waals surface area contributed by atoms with Crippen molar-refractivity contribution in [1.29, 1.82) is 0 Å². The third kappa shape index (κ3) is 3.91. The van der Waals surface area contributed by atoms with Crippen LogP contribution in [0.1, 0.15) is 17.2 Å². The van der Waals surface area contributed by atoms with E-state index in [0.29, 0.717) is 24.4 Å². The molecule has 0 saturated carbocycles. The molecule has 0 radical (unpaired) electrons. The number of piperazine rings is 1. The van der Waals surface area contributed by atoms with E-state index >= 15 is 0 Å². The van der Waals surface area contributed by atoms with Gasteiger partial charge in [-0.15, -0.1) is 0 Å². The van der Waals surface area contributed by atoms with Crippen molar-refractivity contribution in [2.24, 2.45) is 0 Å². The molecule has 1 aromatic heterocycles. The van der Waals surface area contributed by atoms with Crippen molar-refractivity contribution < 1.29 is 23.1 Å². The molecule has 1 saturated heterocycles. The van der Waals surface area contributed by atoms with Crippen molar-refractivity contribution in [2.75, 3.05) is 33.3 Å². The fraction of sp³-hybridized carbons (Fsp3) is 0.318. The Balaban J connectivity index is 1.57. The van der Waals surface area contributed by atoms with Crippen LogP contribution in [0.4, 0.5) is 0 Å². The number of aromatic nitrogens is 1. The van der Waals surface area contributed by atoms with E-state index in [9.17, 15) is 18.3 Å². The number of sulfonamides is 1. The minimum Gasteiger partial charge on any atom is -0.495 e. The summed E-state index contributed by atoms with van der Waals surface area (Å²) in [5.41, 5.74) is 2.37. The molecule has 2 heterocycles. The summed E-state index contributed by atoms with van der Waals surface area (Å²) in [6, 6.07) is 11.4. The lowest BCUT2D eigenvalue weighted by atomic mass is 10.0. The van der Waals surface area contributed by atoms with Gasteiger partial charge in [-0.05, 0) is 25.1 Å². The molecule has 0 aliphatic carbocycles. The van der Waals surface area contributed by atoms with Gasteiger partial charge in [0.15, 0.2) is 0 Å². The molecule has 8 nitrogen and oxygen atoms in total. The Morgan fingerprint density at radius 1 is 1.10 bits per heavy atom. The quantitative estimate of drug-likeness (QED) is 0.607. The molecule has 1 aliphatic heterocycles. The van der Waals surface area contributed by atoms with Crippen LogP contribution < -0.4 is 4.74 Å². The van der Waals surface area contributed by atoms with Crippen LogP contribution in [0.25, 0.3) is 10.9 Å². The van der Waals surface area contributed by atoms with Crippen molar-refractivity contribution in [3.8, 4) is 5.75 Å². The fourth-order valence-corrected chi connectivity index (χ4v) is 5.51. The highest BCUT2D eigenvalue weighted by atomic mass is 32.2. The first kappa shape index (κ1) is 21.4. The summed E-state index contributed by atoms with van der Waals surface area (Å²) in [5.74, 6) is -0.333. The first-order valence-electron chi connectivity index (χ1n) is 10.0. The molecule has 0 spiro atoms. The Morgan fingerprint density at radius 3 is 2.39 bits per heavy atom. The topological polar surface area (TPSA) is 103 Å². The second kappa shape index (κ2) is 8.33. The van der Waals surface area contributed by atoms with Gasteiger partial charge in [-0.25, -0.2) is 8.42 Å². The third-order valence-corrected chi connectivity index (χ3v) is 7.67. The van der Waals surface area contributed by atoms with Crippen molar-refractivity contribution >= 4 is 26.9 Å². The molecular weight excluding hydrogens is 418 g/mol. The van der Waals surface area contributed by atoms with E-state index in [1.54, 1.807) is 37.6 Å². The third-order valence-electron chi connectivity index (χ3n) is 5.75. The molecule has 0 amide bonds. The predicted molar refractivity (Wildman–Crippen MR) is 117 cm³/mol. The average Bonchev–Trinajstić information content (AvgIpc) is 3.18. The van der Waals surface area contributed by atoms with Crippen LogP contribution in [0, 0.1) is 6.92 Å². The number of aryl methyl sites for hydroxylation is 1. The van der Waals surface area contributed by atoms with Gasteiger partial charge in [-0.3, -0.25) is 9.69 Å². The van der Waals surface area contributed by atoms with E-state index in [2.05, 4.69) is 4.98 Å². The molecular formula is C22H25N3O5S. The minimum absolute atomic E-state index is 0.228. The van der Waals surface area contributed by atoms with Gasteiger partial charge in [0.2, 0.25) is 10.0 Å². The molecule has 2 N–H and O–H groups in total. The van der Waals surface area contributed by atoms with Gasteiger partial charge < -0.3 is 14.8 Å². The number of benzene rings is 2. The number of hydrogen-bond acceptors (Lipinski definition) is 5. The zero-order valence-corrected chi connectivity index (χ0v) is 18.2. The fourth-order valence-electron chi connectivity index (χ4n) is 4.09. The Kier molecular flexibility index (Phi) is 5.74. The zero-order valence-electron chi connectivity index (χ0n) is 17.4. The molecule has 1 atom stereocenters. The van der Waals surface area contributed by atoms with Gasteiger partial charge in [0.05, 0.1) is 17.5 Å². The number of nitrogens with zero attached hydrogens (tertiary/aromatic N) is 2. The van der Waals surface area contributed by atoms with Crippen LogP contribution in [0.3, 0.4) is 0 Å². The van der Waals surface area contributed by atoms with Gasteiger partial charge in [0, 0.05) is 43.3 Å². The number of nitrogens with one attached hydrogen (secondary N) is 1. The van der Waals surface area contributed by atoms with Gasteiger partial charge in [-0.2, -0.15) is 4.31 Å². The minimum atomic E-state index is -3.61. The Hall–Kier alpha value is -2.88. The summed E-state index contributed by atoms with van der Waals surface area (Å²) in [5, 5.41) is 10.8. The van der Waals surface area contributed by atoms with Crippen molar-refractivity contribution in [1.82, 2.24) is 14.2 Å². The van der Waals surface area contributed by atoms with Crippen LogP contribution in [0.15, 0.2) is 53.6 Å². The smallest absolute Gasteiger partial charge is 0.325 e.